The number of nitrogens with zero attached hydrogens (tertiary/aromatic N) is 6. The number of aromatic nitrogens is 5. The fourth-order valence-electron chi connectivity index (χ4n) is 3.76. The third-order valence-corrected chi connectivity index (χ3v) is 5.59. The van der Waals surface area contributed by atoms with Crippen molar-refractivity contribution in [2.45, 2.75) is 33.1 Å². The van der Waals surface area contributed by atoms with Crippen LogP contribution in [-0.4, -0.2) is 50.0 Å². The molecule has 0 aliphatic carbocycles. The topological polar surface area (TPSA) is 79.3 Å². The number of hydrogen-bond donors (Lipinski definition) is 0. The minimum Gasteiger partial charge on any atom is -0.471 e. The molecule has 0 saturated heterocycles. The number of methoxy groups -OCH3 is 1. The Labute approximate surface area is 173 Å². The maximum atomic E-state index is 6.30. The molecule has 29 heavy (non-hydrogen) atoms. The molecule has 1 atom stereocenters. The summed E-state index contributed by atoms with van der Waals surface area (Å²) < 4.78 is 15.5. The van der Waals surface area contributed by atoms with Crippen molar-refractivity contribution in [1.82, 2.24) is 24.3 Å². The summed E-state index contributed by atoms with van der Waals surface area (Å²) in [4.78, 5) is 9.28. The number of benzene rings is 1. The maximum absolute atomic E-state index is 6.30. The Bertz CT molecular complexity index is 1120. The Morgan fingerprint density at radius 2 is 2.17 bits per heavy atom. The summed E-state index contributed by atoms with van der Waals surface area (Å²) in [7, 11) is 1.64. The van der Waals surface area contributed by atoms with E-state index in [-0.39, 0.29) is 6.10 Å². The first kappa shape index (κ1) is 18.3. The van der Waals surface area contributed by atoms with E-state index in [0.29, 0.717) is 36.5 Å². The predicted molar refractivity (Wildman–Crippen MR) is 109 cm³/mol. The molecule has 9 heteroatoms. The third-order valence-electron chi connectivity index (χ3n) is 5.36. The number of aliphatic imine (C=N–C) groups is 1. The van der Waals surface area contributed by atoms with Crippen LogP contribution in [0.4, 0.5) is 0 Å². The van der Waals surface area contributed by atoms with E-state index < -0.39 is 0 Å². The Kier molecular flexibility index (Phi) is 4.40. The van der Waals surface area contributed by atoms with Crippen LogP contribution in [0.15, 0.2) is 29.5 Å². The molecule has 150 valence electrons. The molecule has 3 aromatic rings. The molecule has 8 nitrogen and oxygen atoms in total. The highest BCUT2D eigenvalue weighted by atomic mass is 35.5. The Balaban J connectivity index is 1.67. The summed E-state index contributed by atoms with van der Waals surface area (Å²) in [5, 5.41) is 9.39. The SMILES string of the molecule is COCc1nnc2n1Cc1c(C3=NC[C@H](C(C)C)O3)ncn1-c1ccc(Cl)cc1-2. The van der Waals surface area contributed by atoms with Gasteiger partial charge in [0.2, 0.25) is 5.90 Å². The summed E-state index contributed by atoms with van der Waals surface area (Å²) in [5.74, 6) is 2.47. The van der Waals surface area contributed by atoms with E-state index in [2.05, 4.69) is 38.6 Å². The first-order valence-corrected chi connectivity index (χ1v) is 9.93. The van der Waals surface area contributed by atoms with Crippen LogP contribution in [0.5, 0.6) is 0 Å². The number of ether oxygens (including phenoxy) is 2. The smallest absolute Gasteiger partial charge is 0.237 e. The third kappa shape index (κ3) is 2.94. The van der Waals surface area contributed by atoms with Gasteiger partial charge in [-0.1, -0.05) is 25.4 Å². The Hall–Kier alpha value is -2.71. The normalized spacial score (nSPS) is 17.4. The Morgan fingerprint density at radius 3 is 2.93 bits per heavy atom. The molecule has 0 saturated carbocycles. The molecule has 0 fully saturated rings. The average Bonchev–Trinajstić information content (AvgIpc) is 3.40. The van der Waals surface area contributed by atoms with Crippen molar-refractivity contribution in [3.63, 3.8) is 0 Å². The van der Waals surface area contributed by atoms with Crippen LogP contribution in [0.2, 0.25) is 5.02 Å². The second-order valence-corrected chi connectivity index (χ2v) is 8.01. The van der Waals surface area contributed by atoms with E-state index in [1.807, 2.05) is 29.1 Å². The summed E-state index contributed by atoms with van der Waals surface area (Å²) in [6.45, 7) is 5.81. The van der Waals surface area contributed by atoms with Crippen LogP contribution in [-0.2, 0) is 22.6 Å². The van der Waals surface area contributed by atoms with Crippen molar-refractivity contribution in [2.75, 3.05) is 13.7 Å². The van der Waals surface area contributed by atoms with Crippen LogP contribution in [0.25, 0.3) is 17.1 Å². The molecule has 2 aliphatic rings. The number of rotatable bonds is 4. The molecule has 0 amide bonds. The highest BCUT2D eigenvalue weighted by molar-refractivity contribution is 6.31. The maximum Gasteiger partial charge on any atom is 0.237 e. The van der Waals surface area contributed by atoms with Crippen molar-refractivity contribution in [3.8, 4) is 17.1 Å². The van der Waals surface area contributed by atoms with Crippen LogP contribution in [0, 0.1) is 5.92 Å². The van der Waals surface area contributed by atoms with Gasteiger partial charge in [0, 0.05) is 17.7 Å². The zero-order valence-corrected chi connectivity index (χ0v) is 17.2. The highest BCUT2D eigenvalue weighted by Gasteiger charge is 2.31. The molecule has 4 heterocycles. The van der Waals surface area contributed by atoms with Gasteiger partial charge in [-0.3, -0.25) is 4.57 Å². The lowest BCUT2D eigenvalue weighted by Crippen LogP contribution is -2.21. The van der Waals surface area contributed by atoms with Gasteiger partial charge in [-0.2, -0.15) is 0 Å². The number of halogens is 1. The molecule has 0 N–H and O–H groups in total. The van der Waals surface area contributed by atoms with Gasteiger partial charge in [0.1, 0.15) is 24.7 Å². The second kappa shape index (κ2) is 6.96. The lowest BCUT2D eigenvalue weighted by molar-refractivity contribution is 0.171. The van der Waals surface area contributed by atoms with Crippen LogP contribution in [0.3, 0.4) is 0 Å². The van der Waals surface area contributed by atoms with Crippen molar-refractivity contribution in [1.29, 1.82) is 0 Å². The number of hydrogen-bond acceptors (Lipinski definition) is 6. The summed E-state index contributed by atoms with van der Waals surface area (Å²) in [6, 6.07) is 5.74. The van der Waals surface area contributed by atoms with Gasteiger partial charge in [-0.05, 0) is 24.1 Å². The van der Waals surface area contributed by atoms with E-state index in [1.165, 1.54) is 0 Å². The first-order chi connectivity index (χ1) is 14.1. The molecule has 0 unspecified atom stereocenters. The second-order valence-electron chi connectivity index (χ2n) is 7.58. The molecule has 5 rings (SSSR count). The largest absolute Gasteiger partial charge is 0.471 e. The molecule has 0 bridgehead atoms. The molecule has 0 radical (unpaired) electrons. The van der Waals surface area contributed by atoms with Crippen molar-refractivity contribution in [2.24, 2.45) is 10.9 Å². The van der Waals surface area contributed by atoms with E-state index in [0.717, 1.165) is 34.3 Å². The van der Waals surface area contributed by atoms with E-state index in [4.69, 9.17) is 21.1 Å². The fourth-order valence-corrected chi connectivity index (χ4v) is 3.94. The lowest BCUT2D eigenvalue weighted by atomic mass is 10.1. The molecule has 1 aromatic carbocycles. The van der Waals surface area contributed by atoms with Gasteiger partial charge < -0.3 is 14.0 Å². The number of imidazole rings is 1. The minimum absolute atomic E-state index is 0.0775. The van der Waals surface area contributed by atoms with E-state index in [9.17, 15) is 0 Å². The van der Waals surface area contributed by atoms with Gasteiger partial charge in [0.15, 0.2) is 11.6 Å². The van der Waals surface area contributed by atoms with Crippen LogP contribution >= 0.6 is 11.6 Å². The van der Waals surface area contributed by atoms with E-state index in [1.54, 1.807) is 7.11 Å². The summed E-state index contributed by atoms with van der Waals surface area (Å²) in [6.07, 6.45) is 1.88. The number of fused-ring (bicyclic) bond motifs is 5. The molecular formula is C20H21ClN6O2. The molecular weight excluding hydrogens is 392 g/mol. The average molecular weight is 413 g/mol. The summed E-state index contributed by atoms with van der Waals surface area (Å²) >= 11 is 6.30. The zero-order chi connectivity index (χ0) is 20.1. The van der Waals surface area contributed by atoms with Crippen molar-refractivity contribution >= 4 is 17.5 Å². The van der Waals surface area contributed by atoms with Gasteiger partial charge >= 0.3 is 0 Å². The quantitative estimate of drug-likeness (QED) is 0.514. The van der Waals surface area contributed by atoms with Crippen LogP contribution in [0.1, 0.15) is 31.1 Å². The van der Waals surface area contributed by atoms with Gasteiger partial charge in [0.25, 0.3) is 0 Å². The van der Waals surface area contributed by atoms with Crippen molar-refractivity contribution in [3.05, 3.63) is 46.8 Å². The first-order valence-electron chi connectivity index (χ1n) is 9.55. The predicted octanol–water partition coefficient (Wildman–Crippen LogP) is 3.09. The standard InChI is InChI=1S/C20H21ClN6O2/c1-11(2)16-7-22-20(29-16)18-15-8-26-17(9-28-3)24-25-19(26)13-6-12(21)4-5-14(13)27(15)10-23-18/h4-6,10-11,16H,7-9H2,1-3H3/t16-/m1/s1. The monoisotopic (exact) mass is 412 g/mol. The molecule has 2 aromatic heterocycles. The lowest BCUT2D eigenvalue weighted by Gasteiger charge is -2.15. The Morgan fingerprint density at radius 1 is 1.31 bits per heavy atom. The fraction of sp³-hybridized carbons (Fsp3) is 0.400. The minimum atomic E-state index is 0.0775. The van der Waals surface area contributed by atoms with Gasteiger partial charge in [0.05, 0.1) is 24.5 Å². The molecule has 0 spiro atoms. The molecule has 2 aliphatic heterocycles. The van der Waals surface area contributed by atoms with Crippen molar-refractivity contribution < 1.29 is 9.47 Å². The van der Waals surface area contributed by atoms with Gasteiger partial charge in [-0.15, -0.1) is 10.2 Å². The van der Waals surface area contributed by atoms with Crippen LogP contribution < -0.4 is 0 Å². The zero-order valence-electron chi connectivity index (χ0n) is 16.5. The van der Waals surface area contributed by atoms with Gasteiger partial charge in [-0.25, -0.2) is 9.98 Å². The summed E-state index contributed by atoms with van der Waals surface area (Å²) in [5.41, 5.74) is 3.55. The highest BCUT2D eigenvalue weighted by Crippen LogP contribution is 2.34. The van der Waals surface area contributed by atoms with E-state index >= 15 is 0 Å².